The highest BCUT2D eigenvalue weighted by Crippen LogP contribution is 2.42. The first kappa shape index (κ1) is 8.63. The molecular formula is C10H10O2S. The minimum atomic E-state index is 0.289. The average Bonchev–Trinajstić information content (AvgIpc) is 2.49. The third-order valence-corrected chi connectivity index (χ3v) is 3.51. The Morgan fingerprint density at radius 1 is 1.62 bits per heavy atom. The third-order valence-electron chi connectivity index (χ3n) is 2.25. The number of hydrogen-bond acceptors (Lipinski definition) is 3. The van der Waals surface area contributed by atoms with Crippen molar-refractivity contribution in [2.45, 2.75) is 17.2 Å². The standard InChI is InChI=1S/C10H10O2S/c11-4-3-7-6-13-10-2-1-8(12)5-9(7)10/h1-2,4-5,7,12H,3,6H2. The largest absolute Gasteiger partial charge is 0.508 e. The molecule has 1 unspecified atom stereocenters. The molecule has 68 valence electrons. The van der Waals surface area contributed by atoms with Gasteiger partial charge >= 0.3 is 0 Å². The molecule has 1 aromatic carbocycles. The minimum absolute atomic E-state index is 0.289. The van der Waals surface area contributed by atoms with Gasteiger partial charge in [-0.1, -0.05) is 0 Å². The molecule has 0 amide bonds. The van der Waals surface area contributed by atoms with Crippen LogP contribution in [0.3, 0.4) is 0 Å². The highest BCUT2D eigenvalue weighted by molar-refractivity contribution is 7.99. The molecule has 0 saturated carbocycles. The Bertz CT molecular complexity index is 336. The lowest BCUT2D eigenvalue weighted by atomic mass is 9.98. The van der Waals surface area contributed by atoms with E-state index in [-0.39, 0.29) is 5.75 Å². The number of fused-ring (bicyclic) bond motifs is 1. The fourth-order valence-corrected chi connectivity index (χ4v) is 2.83. The molecule has 1 aliphatic heterocycles. The van der Waals surface area contributed by atoms with Gasteiger partial charge in [0.1, 0.15) is 12.0 Å². The lowest BCUT2D eigenvalue weighted by molar-refractivity contribution is -0.108. The van der Waals surface area contributed by atoms with Crippen LogP contribution in [0.25, 0.3) is 0 Å². The highest BCUT2D eigenvalue weighted by Gasteiger charge is 2.22. The molecule has 0 bridgehead atoms. The number of thioether (sulfide) groups is 1. The van der Waals surface area contributed by atoms with Crippen molar-refractivity contribution in [1.82, 2.24) is 0 Å². The molecule has 1 N–H and O–H groups in total. The van der Waals surface area contributed by atoms with Crippen molar-refractivity contribution in [2.24, 2.45) is 0 Å². The van der Waals surface area contributed by atoms with Gasteiger partial charge < -0.3 is 9.90 Å². The van der Waals surface area contributed by atoms with Crippen molar-refractivity contribution in [3.63, 3.8) is 0 Å². The number of aromatic hydroxyl groups is 1. The van der Waals surface area contributed by atoms with E-state index < -0.39 is 0 Å². The van der Waals surface area contributed by atoms with Crippen molar-refractivity contribution in [3.05, 3.63) is 23.8 Å². The summed E-state index contributed by atoms with van der Waals surface area (Å²) < 4.78 is 0. The zero-order valence-corrected chi connectivity index (χ0v) is 7.88. The second-order valence-corrected chi connectivity index (χ2v) is 4.19. The Kier molecular flexibility index (Phi) is 2.27. The van der Waals surface area contributed by atoms with Crippen LogP contribution in [-0.4, -0.2) is 17.1 Å². The first-order valence-electron chi connectivity index (χ1n) is 4.20. The lowest BCUT2D eigenvalue weighted by Crippen LogP contribution is -1.96. The smallest absolute Gasteiger partial charge is 0.120 e. The van der Waals surface area contributed by atoms with Crippen molar-refractivity contribution in [2.75, 3.05) is 5.75 Å². The van der Waals surface area contributed by atoms with E-state index in [1.54, 1.807) is 23.9 Å². The fourth-order valence-electron chi connectivity index (χ4n) is 1.58. The maximum absolute atomic E-state index is 10.4. The first-order chi connectivity index (χ1) is 6.31. The van der Waals surface area contributed by atoms with Crippen LogP contribution in [0.1, 0.15) is 17.9 Å². The summed E-state index contributed by atoms with van der Waals surface area (Å²) in [5.41, 5.74) is 1.12. The van der Waals surface area contributed by atoms with Gasteiger partial charge in [-0.25, -0.2) is 0 Å². The van der Waals surface area contributed by atoms with Crippen LogP contribution in [-0.2, 0) is 4.79 Å². The molecule has 0 fully saturated rings. The lowest BCUT2D eigenvalue weighted by Gasteiger charge is -2.05. The van der Waals surface area contributed by atoms with E-state index in [2.05, 4.69) is 0 Å². The maximum Gasteiger partial charge on any atom is 0.120 e. The van der Waals surface area contributed by atoms with E-state index in [9.17, 15) is 9.90 Å². The van der Waals surface area contributed by atoms with Gasteiger partial charge in [-0.3, -0.25) is 0 Å². The maximum atomic E-state index is 10.4. The second kappa shape index (κ2) is 3.42. The molecule has 1 aromatic rings. The van der Waals surface area contributed by atoms with Gasteiger partial charge in [-0.15, -0.1) is 11.8 Å². The second-order valence-electron chi connectivity index (χ2n) is 3.13. The number of hydrogen-bond donors (Lipinski definition) is 1. The van der Waals surface area contributed by atoms with Gasteiger partial charge in [0.2, 0.25) is 0 Å². The molecule has 3 heteroatoms. The van der Waals surface area contributed by atoms with Crippen LogP contribution in [0, 0.1) is 0 Å². The molecule has 2 nitrogen and oxygen atoms in total. The zero-order valence-electron chi connectivity index (χ0n) is 7.06. The number of carbonyl (C=O) groups is 1. The van der Waals surface area contributed by atoms with Crippen LogP contribution in [0.15, 0.2) is 23.1 Å². The fraction of sp³-hybridized carbons (Fsp3) is 0.300. The van der Waals surface area contributed by atoms with E-state index in [1.807, 2.05) is 6.07 Å². The number of aldehydes is 1. The number of phenols is 1. The van der Waals surface area contributed by atoms with Gasteiger partial charge in [-0.2, -0.15) is 0 Å². The zero-order chi connectivity index (χ0) is 9.26. The highest BCUT2D eigenvalue weighted by atomic mass is 32.2. The Hall–Kier alpha value is -0.960. The van der Waals surface area contributed by atoms with E-state index in [0.717, 1.165) is 17.6 Å². The molecule has 1 heterocycles. The third kappa shape index (κ3) is 1.56. The molecule has 0 spiro atoms. The predicted molar refractivity (Wildman–Crippen MR) is 52.3 cm³/mol. The summed E-state index contributed by atoms with van der Waals surface area (Å²) in [7, 11) is 0. The van der Waals surface area contributed by atoms with E-state index in [1.165, 1.54) is 4.90 Å². The summed E-state index contributed by atoms with van der Waals surface area (Å²) >= 11 is 1.75. The first-order valence-corrected chi connectivity index (χ1v) is 5.19. The monoisotopic (exact) mass is 194 g/mol. The molecule has 0 aromatic heterocycles. The molecule has 0 saturated heterocycles. The van der Waals surface area contributed by atoms with Crippen LogP contribution in [0.5, 0.6) is 5.75 Å². The summed E-state index contributed by atoms with van der Waals surface area (Å²) in [6.07, 6.45) is 1.51. The van der Waals surface area contributed by atoms with Crippen molar-refractivity contribution in [3.8, 4) is 5.75 Å². The van der Waals surface area contributed by atoms with Gasteiger partial charge in [0.05, 0.1) is 0 Å². The summed E-state index contributed by atoms with van der Waals surface area (Å²) in [4.78, 5) is 11.6. The van der Waals surface area contributed by atoms with Gasteiger partial charge in [-0.05, 0) is 23.8 Å². The normalized spacial score (nSPS) is 19.8. The molecule has 1 atom stereocenters. The molecule has 0 radical (unpaired) electrons. The van der Waals surface area contributed by atoms with Crippen molar-refractivity contribution in [1.29, 1.82) is 0 Å². The summed E-state index contributed by atoms with van der Waals surface area (Å²) in [5.74, 6) is 1.54. The minimum Gasteiger partial charge on any atom is -0.508 e. The van der Waals surface area contributed by atoms with Crippen LogP contribution >= 0.6 is 11.8 Å². The number of phenolic OH excluding ortho intramolecular Hbond substituents is 1. The number of rotatable bonds is 2. The van der Waals surface area contributed by atoms with Gasteiger partial charge in [0.25, 0.3) is 0 Å². The molecule has 2 rings (SSSR count). The van der Waals surface area contributed by atoms with Crippen LogP contribution in [0.4, 0.5) is 0 Å². The quantitative estimate of drug-likeness (QED) is 0.733. The van der Waals surface area contributed by atoms with Crippen molar-refractivity contribution < 1.29 is 9.90 Å². The van der Waals surface area contributed by atoms with E-state index in [0.29, 0.717) is 12.3 Å². The van der Waals surface area contributed by atoms with Crippen LogP contribution < -0.4 is 0 Å². The topological polar surface area (TPSA) is 37.3 Å². The van der Waals surface area contributed by atoms with Crippen LogP contribution in [0.2, 0.25) is 0 Å². The number of benzene rings is 1. The Labute approximate surface area is 81.0 Å². The van der Waals surface area contributed by atoms with E-state index in [4.69, 9.17) is 0 Å². The number of carbonyl (C=O) groups excluding carboxylic acids is 1. The summed E-state index contributed by atoms with van der Waals surface area (Å²) in [5, 5.41) is 9.28. The van der Waals surface area contributed by atoms with Crippen molar-refractivity contribution >= 4 is 18.0 Å². The predicted octanol–water partition coefficient (Wildman–Crippen LogP) is 2.17. The molecular weight excluding hydrogens is 184 g/mol. The summed E-state index contributed by atoms with van der Waals surface area (Å²) in [6.45, 7) is 0. The Morgan fingerprint density at radius 2 is 2.46 bits per heavy atom. The molecule has 13 heavy (non-hydrogen) atoms. The Balaban J connectivity index is 2.34. The SMILES string of the molecule is O=CCC1CSc2ccc(O)cc21. The van der Waals surface area contributed by atoms with E-state index >= 15 is 0 Å². The van der Waals surface area contributed by atoms with Gasteiger partial charge in [0, 0.05) is 23.0 Å². The van der Waals surface area contributed by atoms with Gasteiger partial charge in [0.15, 0.2) is 0 Å². The summed E-state index contributed by atoms with van der Waals surface area (Å²) in [6, 6.07) is 5.37. The molecule has 0 aliphatic carbocycles. The molecule has 1 aliphatic rings. The Morgan fingerprint density at radius 3 is 3.23 bits per heavy atom. The average molecular weight is 194 g/mol.